The van der Waals surface area contributed by atoms with Crippen molar-refractivity contribution < 1.29 is 23.9 Å². The minimum absolute atomic E-state index is 0.0805. The number of pyridine rings is 1. The molecule has 0 aliphatic rings. The zero-order valence-corrected chi connectivity index (χ0v) is 20.3. The molecular weight excluding hydrogens is 468 g/mol. The van der Waals surface area contributed by atoms with Gasteiger partial charge in [-0.2, -0.15) is 0 Å². The summed E-state index contributed by atoms with van der Waals surface area (Å²) in [5, 5.41) is 16.9. The first-order chi connectivity index (χ1) is 17.5. The van der Waals surface area contributed by atoms with Crippen LogP contribution in [0.4, 0.5) is 17.5 Å². The van der Waals surface area contributed by atoms with Crippen LogP contribution in [0.5, 0.6) is 11.5 Å². The van der Waals surface area contributed by atoms with E-state index in [2.05, 4.69) is 25.6 Å². The quantitative estimate of drug-likeness (QED) is 0.153. The fraction of sp³-hybridized carbons (Fsp3) is 0.333. The number of nitrogens with zero attached hydrogens (tertiary/aromatic N) is 4. The van der Waals surface area contributed by atoms with E-state index in [1.807, 2.05) is 13.8 Å². The van der Waals surface area contributed by atoms with E-state index >= 15 is 0 Å². The molecule has 12 nitrogen and oxygen atoms in total. The van der Waals surface area contributed by atoms with Crippen molar-refractivity contribution in [2.45, 2.75) is 20.8 Å². The van der Waals surface area contributed by atoms with Gasteiger partial charge in [-0.25, -0.2) is 19.7 Å². The lowest BCUT2D eigenvalue weighted by molar-refractivity contribution is -0.385. The molecule has 0 spiro atoms. The molecule has 2 N–H and O–H groups in total. The van der Waals surface area contributed by atoms with E-state index in [4.69, 9.17) is 14.2 Å². The van der Waals surface area contributed by atoms with Crippen LogP contribution in [-0.4, -0.2) is 58.8 Å². The minimum atomic E-state index is -0.531. The normalized spacial score (nSPS) is 10.4. The molecule has 0 fully saturated rings. The molecule has 3 rings (SSSR count). The first-order valence-corrected chi connectivity index (χ1v) is 11.5. The molecule has 0 radical (unpaired) electrons. The summed E-state index contributed by atoms with van der Waals surface area (Å²) in [5.41, 5.74) is 1.17. The summed E-state index contributed by atoms with van der Waals surface area (Å²) in [7, 11) is 0. The summed E-state index contributed by atoms with van der Waals surface area (Å²) >= 11 is 0. The van der Waals surface area contributed by atoms with E-state index in [1.54, 1.807) is 25.1 Å². The van der Waals surface area contributed by atoms with Crippen LogP contribution in [0.15, 0.2) is 42.7 Å². The molecule has 2 heterocycles. The number of benzene rings is 1. The zero-order chi connectivity index (χ0) is 25.9. The summed E-state index contributed by atoms with van der Waals surface area (Å²) < 4.78 is 16.5. The van der Waals surface area contributed by atoms with Gasteiger partial charge in [0.05, 0.1) is 30.4 Å². The van der Waals surface area contributed by atoms with Crippen molar-refractivity contribution >= 4 is 23.4 Å². The third-order valence-electron chi connectivity index (χ3n) is 4.77. The summed E-state index contributed by atoms with van der Waals surface area (Å²) in [6.07, 6.45) is 2.61. The van der Waals surface area contributed by atoms with Crippen molar-refractivity contribution in [1.29, 1.82) is 0 Å². The first-order valence-electron chi connectivity index (χ1n) is 11.5. The maximum atomic E-state index is 12.6. The maximum Gasteiger partial charge on any atom is 0.341 e. The van der Waals surface area contributed by atoms with Gasteiger partial charge in [-0.15, -0.1) is 0 Å². The van der Waals surface area contributed by atoms with Crippen molar-refractivity contribution in [2.24, 2.45) is 0 Å². The van der Waals surface area contributed by atoms with E-state index in [9.17, 15) is 14.9 Å². The van der Waals surface area contributed by atoms with Gasteiger partial charge in [0.25, 0.3) is 5.69 Å². The number of hydrogen-bond acceptors (Lipinski definition) is 11. The second-order valence-electron chi connectivity index (χ2n) is 7.22. The van der Waals surface area contributed by atoms with Crippen LogP contribution in [-0.2, 0) is 4.74 Å². The average Bonchev–Trinajstić information content (AvgIpc) is 2.88. The highest BCUT2D eigenvalue weighted by Gasteiger charge is 2.19. The summed E-state index contributed by atoms with van der Waals surface area (Å²) in [4.78, 5) is 35.6. The molecule has 190 valence electrons. The van der Waals surface area contributed by atoms with E-state index in [1.165, 1.54) is 24.5 Å². The van der Waals surface area contributed by atoms with Crippen molar-refractivity contribution in [2.75, 3.05) is 43.5 Å². The van der Waals surface area contributed by atoms with Gasteiger partial charge in [-0.3, -0.25) is 10.1 Å². The Labute approximate surface area is 208 Å². The second kappa shape index (κ2) is 12.8. The monoisotopic (exact) mass is 496 g/mol. The molecular formula is C24H28N6O6. The predicted octanol–water partition coefficient (Wildman–Crippen LogP) is 3.94. The lowest BCUT2D eigenvalue weighted by Crippen LogP contribution is -2.17. The van der Waals surface area contributed by atoms with E-state index in [0.29, 0.717) is 60.8 Å². The topological polar surface area (TPSA) is 151 Å². The van der Waals surface area contributed by atoms with E-state index in [-0.39, 0.29) is 17.9 Å². The Kier molecular flexibility index (Phi) is 9.32. The van der Waals surface area contributed by atoms with Crippen LogP contribution in [0, 0.1) is 10.1 Å². The van der Waals surface area contributed by atoms with Crippen molar-refractivity contribution in [3.05, 3.63) is 58.4 Å². The number of aromatic nitrogens is 3. The van der Waals surface area contributed by atoms with Crippen molar-refractivity contribution in [3.8, 4) is 22.8 Å². The van der Waals surface area contributed by atoms with Gasteiger partial charge < -0.3 is 24.8 Å². The molecule has 3 aromatic rings. The number of esters is 1. The van der Waals surface area contributed by atoms with E-state index < -0.39 is 10.9 Å². The predicted molar refractivity (Wildman–Crippen MR) is 134 cm³/mol. The van der Waals surface area contributed by atoms with Gasteiger partial charge in [0.2, 0.25) is 5.95 Å². The molecule has 0 atom stereocenters. The third kappa shape index (κ3) is 6.78. The first kappa shape index (κ1) is 26.1. The standard InChI is InChI=1S/C24H28N6O6/c1-4-34-19-9-7-16(13-20(19)35-5-2)22-18(23(31)36-6-3)15-28-24(29-22)26-12-11-25-21-10-8-17(14-27-21)30(32)33/h7-10,13-15H,4-6,11-12H2,1-3H3,(H,25,27)(H,26,28,29). The molecule has 0 aliphatic heterocycles. The molecule has 12 heteroatoms. The Morgan fingerprint density at radius 3 is 2.36 bits per heavy atom. The van der Waals surface area contributed by atoms with Gasteiger partial charge in [0, 0.05) is 30.9 Å². The van der Waals surface area contributed by atoms with Crippen LogP contribution in [0.2, 0.25) is 0 Å². The largest absolute Gasteiger partial charge is 0.490 e. The second-order valence-corrected chi connectivity index (χ2v) is 7.22. The SMILES string of the molecule is CCOC(=O)c1cnc(NCCNc2ccc([N+](=O)[O-])cn2)nc1-c1ccc(OCC)c(OCC)c1. The number of carbonyl (C=O) groups is 1. The number of hydrogen-bond donors (Lipinski definition) is 2. The highest BCUT2D eigenvalue weighted by Crippen LogP contribution is 2.34. The summed E-state index contributed by atoms with van der Waals surface area (Å²) in [6.45, 7) is 7.50. The smallest absolute Gasteiger partial charge is 0.341 e. The van der Waals surface area contributed by atoms with Gasteiger partial charge in [0.15, 0.2) is 11.5 Å². The molecule has 0 bridgehead atoms. The zero-order valence-electron chi connectivity index (χ0n) is 20.3. The van der Waals surface area contributed by atoms with Gasteiger partial charge >= 0.3 is 5.97 Å². The number of ether oxygens (including phenoxy) is 3. The highest BCUT2D eigenvalue weighted by atomic mass is 16.6. The number of carbonyl (C=O) groups excluding carboxylic acids is 1. The summed E-state index contributed by atoms with van der Waals surface area (Å²) in [5.74, 6) is 1.42. The van der Waals surface area contributed by atoms with Gasteiger partial charge in [-0.1, -0.05) is 0 Å². The Bertz CT molecular complexity index is 1190. The van der Waals surface area contributed by atoms with Crippen LogP contribution in [0.3, 0.4) is 0 Å². The molecule has 36 heavy (non-hydrogen) atoms. The van der Waals surface area contributed by atoms with Gasteiger partial charge in [-0.05, 0) is 45.0 Å². The third-order valence-corrected chi connectivity index (χ3v) is 4.77. The molecule has 0 saturated heterocycles. The Hall–Kier alpha value is -4.48. The molecule has 1 aromatic carbocycles. The van der Waals surface area contributed by atoms with Crippen LogP contribution in [0.1, 0.15) is 31.1 Å². The Morgan fingerprint density at radius 2 is 1.69 bits per heavy atom. The lowest BCUT2D eigenvalue weighted by atomic mass is 10.1. The van der Waals surface area contributed by atoms with Crippen LogP contribution in [0.25, 0.3) is 11.3 Å². The lowest BCUT2D eigenvalue weighted by Gasteiger charge is -2.14. The Balaban J connectivity index is 1.78. The fourth-order valence-electron chi connectivity index (χ4n) is 3.21. The number of rotatable bonds is 13. The van der Waals surface area contributed by atoms with Crippen LogP contribution < -0.4 is 20.1 Å². The van der Waals surface area contributed by atoms with Crippen molar-refractivity contribution in [1.82, 2.24) is 15.0 Å². The number of nitro groups is 1. The fourth-order valence-corrected chi connectivity index (χ4v) is 3.21. The molecule has 0 amide bonds. The minimum Gasteiger partial charge on any atom is -0.490 e. The molecule has 2 aromatic heterocycles. The Morgan fingerprint density at radius 1 is 0.944 bits per heavy atom. The molecule has 0 saturated carbocycles. The highest BCUT2D eigenvalue weighted by molar-refractivity contribution is 5.96. The summed E-state index contributed by atoms with van der Waals surface area (Å²) in [6, 6.07) is 8.24. The maximum absolute atomic E-state index is 12.6. The van der Waals surface area contributed by atoms with E-state index in [0.717, 1.165) is 0 Å². The average molecular weight is 497 g/mol. The van der Waals surface area contributed by atoms with Crippen molar-refractivity contribution in [3.63, 3.8) is 0 Å². The number of anilines is 2. The molecule has 0 unspecified atom stereocenters. The van der Waals surface area contributed by atoms with Crippen LogP contribution >= 0.6 is 0 Å². The number of nitrogens with one attached hydrogen (secondary N) is 2. The van der Waals surface area contributed by atoms with Gasteiger partial charge in [0.1, 0.15) is 17.6 Å². The molecule has 0 aliphatic carbocycles.